The molecule has 0 aromatic heterocycles. The molecule has 0 atom stereocenters. The number of alkyl halides is 3. The van der Waals surface area contributed by atoms with E-state index in [1.807, 2.05) is 0 Å². The molecule has 0 aliphatic heterocycles. The number of hydrogen-bond donors (Lipinski definition) is 1. The second-order valence-corrected chi connectivity index (χ2v) is 5.92. The summed E-state index contributed by atoms with van der Waals surface area (Å²) in [6, 6.07) is 4.84. The summed E-state index contributed by atoms with van der Waals surface area (Å²) in [5, 5.41) is 8.84. The molecular weight excluding hydrogens is 285 g/mol. The van der Waals surface area contributed by atoms with Gasteiger partial charge in [0.1, 0.15) is 0 Å². The van der Waals surface area contributed by atoms with Crippen molar-refractivity contribution in [3.05, 3.63) is 29.8 Å². The van der Waals surface area contributed by atoms with Gasteiger partial charge in [-0.1, -0.05) is 12.1 Å². The van der Waals surface area contributed by atoms with Crippen LogP contribution in [-0.4, -0.2) is 31.4 Å². The highest BCUT2D eigenvalue weighted by molar-refractivity contribution is 7.91. The topological polar surface area (TPSA) is 71.4 Å². The zero-order chi connectivity index (χ0) is 14.7. The van der Waals surface area contributed by atoms with E-state index in [1.54, 1.807) is 0 Å². The largest absolute Gasteiger partial charge is 0.478 e. The molecule has 0 fully saturated rings. The van der Waals surface area contributed by atoms with Crippen molar-refractivity contribution >= 4 is 15.8 Å². The van der Waals surface area contributed by atoms with E-state index in [0.717, 1.165) is 12.1 Å². The zero-order valence-corrected chi connectivity index (χ0v) is 10.5. The van der Waals surface area contributed by atoms with Gasteiger partial charge in [-0.15, -0.1) is 0 Å². The highest BCUT2D eigenvalue weighted by Crippen LogP contribution is 2.24. The fraction of sp³-hybridized carbons (Fsp3) is 0.364. The van der Waals surface area contributed by atoms with Crippen molar-refractivity contribution in [2.24, 2.45) is 0 Å². The number of rotatable bonds is 5. The van der Waals surface area contributed by atoms with Crippen molar-refractivity contribution in [2.75, 3.05) is 5.75 Å². The summed E-state index contributed by atoms with van der Waals surface area (Å²) in [6.45, 7) is 0. The van der Waals surface area contributed by atoms with Crippen LogP contribution in [0, 0.1) is 0 Å². The predicted octanol–water partition coefficient (Wildman–Crippen LogP) is 2.50. The maximum Gasteiger partial charge on any atom is 0.389 e. The maximum atomic E-state index is 12.0. The molecule has 0 amide bonds. The number of carboxylic acids is 1. The number of sulfone groups is 1. The Labute approximate surface area is 107 Å². The quantitative estimate of drug-likeness (QED) is 0.906. The Morgan fingerprint density at radius 2 is 1.79 bits per heavy atom. The number of benzene rings is 1. The van der Waals surface area contributed by atoms with Gasteiger partial charge in [0.05, 0.1) is 16.2 Å². The van der Waals surface area contributed by atoms with E-state index in [1.165, 1.54) is 12.1 Å². The molecule has 0 heterocycles. The van der Waals surface area contributed by atoms with Crippen LogP contribution in [0.15, 0.2) is 29.2 Å². The number of halogens is 3. The lowest BCUT2D eigenvalue weighted by atomic mass is 10.2. The fourth-order valence-corrected chi connectivity index (χ4v) is 3.01. The van der Waals surface area contributed by atoms with Crippen LogP contribution in [0.3, 0.4) is 0 Å². The Balaban J connectivity index is 2.92. The highest BCUT2D eigenvalue weighted by Gasteiger charge is 2.28. The second kappa shape index (κ2) is 5.60. The van der Waals surface area contributed by atoms with Crippen LogP contribution in [0.25, 0.3) is 0 Å². The molecule has 1 rings (SSSR count). The predicted molar refractivity (Wildman–Crippen MR) is 60.7 cm³/mol. The van der Waals surface area contributed by atoms with Crippen LogP contribution < -0.4 is 0 Å². The highest BCUT2D eigenvalue weighted by atomic mass is 32.2. The second-order valence-electron chi connectivity index (χ2n) is 3.84. The van der Waals surface area contributed by atoms with Crippen LogP contribution in [0.5, 0.6) is 0 Å². The number of aromatic carboxylic acids is 1. The Kier molecular flexibility index (Phi) is 4.56. The van der Waals surface area contributed by atoms with Gasteiger partial charge in [0, 0.05) is 6.42 Å². The van der Waals surface area contributed by atoms with Crippen LogP contribution in [0.2, 0.25) is 0 Å². The first-order valence-corrected chi connectivity index (χ1v) is 6.90. The lowest BCUT2D eigenvalue weighted by Crippen LogP contribution is -2.15. The van der Waals surface area contributed by atoms with Crippen molar-refractivity contribution in [3.63, 3.8) is 0 Å². The van der Waals surface area contributed by atoms with Crippen molar-refractivity contribution in [2.45, 2.75) is 23.9 Å². The average molecular weight is 296 g/mol. The molecule has 0 saturated heterocycles. The van der Waals surface area contributed by atoms with Gasteiger partial charge in [-0.2, -0.15) is 13.2 Å². The van der Waals surface area contributed by atoms with Crippen LogP contribution in [0.1, 0.15) is 23.2 Å². The van der Waals surface area contributed by atoms with Crippen LogP contribution in [-0.2, 0) is 9.84 Å². The Morgan fingerprint density at radius 1 is 1.21 bits per heavy atom. The summed E-state index contributed by atoms with van der Waals surface area (Å²) in [7, 11) is -4.04. The first-order chi connectivity index (χ1) is 8.63. The molecule has 19 heavy (non-hydrogen) atoms. The molecule has 0 radical (unpaired) electrons. The summed E-state index contributed by atoms with van der Waals surface area (Å²) in [5.41, 5.74) is -0.436. The third-order valence-corrected chi connectivity index (χ3v) is 4.18. The first-order valence-electron chi connectivity index (χ1n) is 5.25. The first kappa shape index (κ1) is 15.5. The third-order valence-electron chi connectivity index (χ3n) is 2.33. The van der Waals surface area contributed by atoms with E-state index in [-0.39, 0.29) is 0 Å². The van der Waals surface area contributed by atoms with Gasteiger partial charge in [-0.3, -0.25) is 0 Å². The van der Waals surface area contributed by atoms with Crippen molar-refractivity contribution in [3.8, 4) is 0 Å². The molecule has 0 aliphatic carbocycles. The van der Waals surface area contributed by atoms with E-state index in [0.29, 0.717) is 0 Å². The minimum atomic E-state index is -4.43. The lowest BCUT2D eigenvalue weighted by molar-refractivity contribution is -0.134. The molecule has 0 spiro atoms. The van der Waals surface area contributed by atoms with E-state index in [9.17, 15) is 26.4 Å². The Morgan fingerprint density at radius 3 is 2.32 bits per heavy atom. The van der Waals surface area contributed by atoms with E-state index >= 15 is 0 Å². The monoisotopic (exact) mass is 296 g/mol. The van der Waals surface area contributed by atoms with Gasteiger partial charge in [0.25, 0.3) is 0 Å². The summed E-state index contributed by atoms with van der Waals surface area (Å²) in [4.78, 5) is 10.4. The lowest BCUT2D eigenvalue weighted by Gasteiger charge is -2.09. The molecular formula is C11H11F3O4S. The minimum absolute atomic E-state index is 0.436. The average Bonchev–Trinajstić information content (AvgIpc) is 2.27. The summed E-state index contributed by atoms with van der Waals surface area (Å²) in [6.07, 6.45) is -6.25. The van der Waals surface area contributed by atoms with E-state index < -0.39 is 51.0 Å². The van der Waals surface area contributed by atoms with Crippen LogP contribution >= 0.6 is 0 Å². The molecule has 0 aliphatic rings. The molecule has 0 saturated carbocycles. The van der Waals surface area contributed by atoms with Gasteiger partial charge in [-0.05, 0) is 18.6 Å². The van der Waals surface area contributed by atoms with Gasteiger partial charge >= 0.3 is 12.1 Å². The normalized spacial score (nSPS) is 12.4. The maximum absolute atomic E-state index is 12.0. The third kappa shape index (κ3) is 4.55. The Hall–Kier alpha value is -1.57. The summed E-state index contributed by atoms with van der Waals surface area (Å²) >= 11 is 0. The van der Waals surface area contributed by atoms with Crippen molar-refractivity contribution in [1.29, 1.82) is 0 Å². The van der Waals surface area contributed by atoms with Gasteiger partial charge < -0.3 is 5.11 Å². The van der Waals surface area contributed by atoms with Crippen molar-refractivity contribution in [1.82, 2.24) is 0 Å². The van der Waals surface area contributed by atoms with Gasteiger partial charge in [0.2, 0.25) is 0 Å². The molecule has 106 valence electrons. The summed E-state index contributed by atoms with van der Waals surface area (Å²) < 4.78 is 59.5. The standard InChI is InChI=1S/C11H11F3O4S/c12-11(13,14)6-3-7-19(17,18)9-5-2-1-4-8(9)10(15)16/h1-2,4-5H,3,6-7H2,(H,15,16). The summed E-state index contributed by atoms with van der Waals surface area (Å²) in [5.74, 6) is -2.17. The van der Waals surface area contributed by atoms with E-state index in [4.69, 9.17) is 5.11 Å². The molecule has 4 nitrogen and oxygen atoms in total. The number of carboxylic acid groups (broad SMARTS) is 1. The SMILES string of the molecule is O=C(O)c1ccccc1S(=O)(=O)CCCC(F)(F)F. The Bertz CT molecular complexity index is 564. The number of carbonyl (C=O) groups is 1. The van der Waals surface area contributed by atoms with E-state index in [2.05, 4.69) is 0 Å². The zero-order valence-electron chi connectivity index (χ0n) is 9.64. The minimum Gasteiger partial charge on any atom is -0.478 e. The van der Waals surface area contributed by atoms with Gasteiger partial charge in [-0.25, -0.2) is 13.2 Å². The molecule has 1 aromatic rings. The molecule has 1 aromatic carbocycles. The molecule has 8 heteroatoms. The van der Waals surface area contributed by atoms with Crippen LogP contribution in [0.4, 0.5) is 13.2 Å². The molecule has 0 bridgehead atoms. The van der Waals surface area contributed by atoms with Crippen molar-refractivity contribution < 1.29 is 31.5 Å². The number of hydrogen-bond acceptors (Lipinski definition) is 3. The molecule has 1 N–H and O–H groups in total. The molecule has 0 unspecified atom stereocenters. The smallest absolute Gasteiger partial charge is 0.389 e. The fourth-order valence-electron chi connectivity index (χ4n) is 1.49. The van der Waals surface area contributed by atoms with Gasteiger partial charge in [0.15, 0.2) is 9.84 Å².